The quantitative estimate of drug-likeness (QED) is 0.657. The highest BCUT2D eigenvalue weighted by Gasteiger charge is 2.04. The van der Waals surface area contributed by atoms with Gasteiger partial charge in [0.05, 0.1) is 19.8 Å². The Morgan fingerprint density at radius 1 is 1.25 bits per heavy atom. The maximum Gasteiger partial charge on any atom is 0.122 e. The van der Waals surface area contributed by atoms with Crippen LogP contribution < -0.4 is 10.1 Å². The molecule has 0 aliphatic rings. The first-order chi connectivity index (χ1) is 9.63. The third-order valence-electron chi connectivity index (χ3n) is 2.81. The minimum atomic E-state index is 0.686. The van der Waals surface area contributed by atoms with E-state index in [4.69, 9.17) is 9.47 Å². The van der Waals surface area contributed by atoms with Crippen LogP contribution in [0.2, 0.25) is 0 Å². The Labute approximate surface area is 131 Å². The Morgan fingerprint density at radius 2 is 2.05 bits per heavy atom. The van der Waals surface area contributed by atoms with Crippen LogP contribution >= 0.6 is 15.9 Å². The number of nitrogens with one attached hydrogen (secondary N) is 1. The van der Waals surface area contributed by atoms with Crippen LogP contribution in [0.1, 0.15) is 26.3 Å². The minimum Gasteiger partial charge on any atom is -0.494 e. The first-order valence-corrected chi connectivity index (χ1v) is 8.12. The number of rotatable bonds is 10. The highest BCUT2D eigenvalue weighted by atomic mass is 79.9. The molecule has 1 aromatic carbocycles. The Kier molecular flexibility index (Phi) is 8.90. The van der Waals surface area contributed by atoms with E-state index >= 15 is 0 Å². The lowest BCUT2D eigenvalue weighted by Gasteiger charge is -2.11. The van der Waals surface area contributed by atoms with Gasteiger partial charge in [0.25, 0.3) is 0 Å². The lowest BCUT2D eigenvalue weighted by Crippen LogP contribution is -2.24. The van der Waals surface area contributed by atoms with Crippen LogP contribution in [0.4, 0.5) is 0 Å². The second kappa shape index (κ2) is 10.2. The van der Waals surface area contributed by atoms with Crippen molar-refractivity contribution in [3.8, 4) is 5.75 Å². The largest absolute Gasteiger partial charge is 0.494 e. The van der Waals surface area contributed by atoms with Crippen molar-refractivity contribution < 1.29 is 9.47 Å². The van der Waals surface area contributed by atoms with E-state index < -0.39 is 0 Å². The molecule has 0 atom stereocenters. The molecule has 0 spiro atoms. The number of ether oxygens (including phenoxy) is 2. The molecule has 0 radical (unpaired) electrons. The molecule has 0 saturated carbocycles. The lowest BCUT2D eigenvalue weighted by molar-refractivity contribution is 0.138. The summed E-state index contributed by atoms with van der Waals surface area (Å²) in [5, 5.41) is 3.37. The van der Waals surface area contributed by atoms with Gasteiger partial charge in [-0.05, 0) is 49.6 Å². The summed E-state index contributed by atoms with van der Waals surface area (Å²) >= 11 is 3.50. The molecule has 20 heavy (non-hydrogen) atoms. The van der Waals surface area contributed by atoms with E-state index in [1.54, 1.807) is 0 Å². The third kappa shape index (κ3) is 7.27. The summed E-state index contributed by atoms with van der Waals surface area (Å²) < 4.78 is 12.4. The maximum absolute atomic E-state index is 5.66. The molecule has 1 rings (SSSR count). The molecule has 3 nitrogen and oxygen atoms in total. The van der Waals surface area contributed by atoms with Gasteiger partial charge in [0.15, 0.2) is 0 Å². The molecule has 0 amide bonds. The molecule has 0 heterocycles. The molecule has 1 aromatic rings. The van der Waals surface area contributed by atoms with Gasteiger partial charge >= 0.3 is 0 Å². The average Bonchev–Trinajstić information content (AvgIpc) is 2.40. The fourth-order valence-corrected chi connectivity index (χ4v) is 2.27. The van der Waals surface area contributed by atoms with Gasteiger partial charge in [0.2, 0.25) is 0 Å². The minimum absolute atomic E-state index is 0.686. The van der Waals surface area contributed by atoms with Gasteiger partial charge in [0, 0.05) is 11.0 Å². The van der Waals surface area contributed by atoms with E-state index in [1.807, 2.05) is 19.1 Å². The summed E-state index contributed by atoms with van der Waals surface area (Å²) in [6.45, 7) is 10.5. The Bertz CT molecular complexity index is 383. The second-order valence-corrected chi connectivity index (χ2v) is 6.06. The van der Waals surface area contributed by atoms with E-state index in [-0.39, 0.29) is 0 Å². The summed E-state index contributed by atoms with van der Waals surface area (Å²) in [5.41, 5.74) is 1.19. The molecular weight excluding hydrogens is 318 g/mol. The van der Waals surface area contributed by atoms with Crippen molar-refractivity contribution in [3.63, 3.8) is 0 Å². The van der Waals surface area contributed by atoms with Gasteiger partial charge in [-0.3, -0.25) is 0 Å². The summed E-state index contributed by atoms with van der Waals surface area (Å²) in [6, 6.07) is 6.11. The molecule has 0 bridgehead atoms. The van der Waals surface area contributed by atoms with Crippen LogP contribution in [-0.4, -0.2) is 32.9 Å². The Hall–Kier alpha value is -0.580. The molecule has 1 N–H and O–H groups in total. The summed E-state index contributed by atoms with van der Waals surface area (Å²) in [4.78, 5) is 0. The molecule has 0 fully saturated rings. The number of hydrogen-bond acceptors (Lipinski definition) is 3. The predicted octanol–water partition coefficient (Wildman–Crippen LogP) is 3.65. The molecule has 0 aromatic heterocycles. The van der Waals surface area contributed by atoms with E-state index in [2.05, 4.69) is 41.2 Å². The van der Waals surface area contributed by atoms with Crippen LogP contribution in [0.3, 0.4) is 0 Å². The average molecular weight is 344 g/mol. The molecule has 0 saturated heterocycles. The van der Waals surface area contributed by atoms with Crippen molar-refractivity contribution in [2.45, 2.75) is 27.2 Å². The van der Waals surface area contributed by atoms with Crippen LogP contribution in [0.15, 0.2) is 22.7 Å². The Morgan fingerprint density at radius 3 is 2.75 bits per heavy atom. The van der Waals surface area contributed by atoms with Crippen LogP contribution in [-0.2, 0) is 11.2 Å². The van der Waals surface area contributed by atoms with Gasteiger partial charge in [0.1, 0.15) is 5.75 Å². The fraction of sp³-hybridized carbons (Fsp3) is 0.625. The maximum atomic E-state index is 5.66. The van der Waals surface area contributed by atoms with Crippen molar-refractivity contribution in [1.29, 1.82) is 0 Å². The summed E-state index contributed by atoms with van der Waals surface area (Å²) in [7, 11) is 0. The highest BCUT2D eigenvalue weighted by Crippen LogP contribution is 2.23. The zero-order valence-corrected chi connectivity index (χ0v) is 14.3. The van der Waals surface area contributed by atoms with Gasteiger partial charge < -0.3 is 14.8 Å². The standard InChI is InChI=1S/C16H26BrNO2/c1-4-20-16-6-5-15(17)11-14(16)7-9-19-10-8-18-12-13(2)3/h5-6,11,13,18H,4,7-10,12H2,1-3H3. The van der Waals surface area contributed by atoms with E-state index in [0.717, 1.165) is 42.9 Å². The van der Waals surface area contributed by atoms with Crippen molar-refractivity contribution in [3.05, 3.63) is 28.2 Å². The predicted molar refractivity (Wildman–Crippen MR) is 87.5 cm³/mol. The smallest absolute Gasteiger partial charge is 0.122 e. The van der Waals surface area contributed by atoms with Gasteiger partial charge in [-0.15, -0.1) is 0 Å². The van der Waals surface area contributed by atoms with Crippen molar-refractivity contribution >= 4 is 15.9 Å². The topological polar surface area (TPSA) is 30.5 Å². The Balaban J connectivity index is 2.25. The molecule has 4 heteroatoms. The van der Waals surface area contributed by atoms with E-state index in [1.165, 1.54) is 5.56 Å². The third-order valence-corrected chi connectivity index (χ3v) is 3.31. The highest BCUT2D eigenvalue weighted by molar-refractivity contribution is 9.10. The molecule has 114 valence electrons. The number of benzene rings is 1. The molecular formula is C16H26BrNO2. The molecule has 0 unspecified atom stereocenters. The number of hydrogen-bond donors (Lipinski definition) is 1. The second-order valence-electron chi connectivity index (χ2n) is 5.15. The van der Waals surface area contributed by atoms with Crippen molar-refractivity contribution in [2.24, 2.45) is 5.92 Å². The van der Waals surface area contributed by atoms with E-state index in [9.17, 15) is 0 Å². The number of halogens is 1. The van der Waals surface area contributed by atoms with Gasteiger partial charge in [-0.1, -0.05) is 29.8 Å². The zero-order chi connectivity index (χ0) is 14.8. The van der Waals surface area contributed by atoms with Gasteiger partial charge in [-0.2, -0.15) is 0 Å². The van der Waals surface area contributed by atoms with Gasteiger partial charge in [-0.25, -0.2) is 0 Å². The van der Waals surface area contributed by atoms with Crippen LogP contribution in [0.5, 0.6) is 5.75 Å². The van der Waals surface area contributed by atoms with Crippen molar-refractivity contribution in [1.82, 2.24) is 5.32 Å². The molecule has 0 aliphatic heterocycles. The normalized spacial score (nSPS) is 11.1. The molecule has 0 aliphatic carbocycles. The first kappa shape index (κ1) is 17.5. The summed E-state index contributed by atoms with van der Waals surface area (Å²) in [5.74, 6) is 1.64. The summed E-state index contributed by atoms with van der Waals surface area (Å²) in [6.07, 6.45) is 0.874. The van der Waals surface area contributed by atoms with E-state index in [0.29, 0.717) is 12.5 Å². The fourth-order valence-electron chi connectivity index (χ4n) is 1.86. The zero-order valence-electron chi connectivity index (χ0n) is 12.7. The first-order valence-electron chi connectivity index (χ1n) is 7.33. The van der Waals surface area contributed by atoms with Crippen LogP contribution in [0.25, 0.3) is 0 Å². The SMILES string of the molecule is CCOc1ccc(Br)cc1CCOCCNCC(C)C. The monoisotopic (exact) mass is 343 g/mol. The van der Waals surface area contributed by atoms with Crippen LogP contribution in [0, 0.1) is 5.92 Å². The lowest BCUT2D eigenvalue weighted by atomic mass is 10.1. The van der Waals surface area contributed by atoms with Crippen molar-refractivity contribution in [2.75, 3.05) is 32.9 Å².